The first-order chi connectivity index (χ1) is 15.0. The molecule has 1 heterocycles. The second-order valence-electron chi connectivity index (χ2n) is 7.41. The van der Waals surface area contributed by atoms with E-state index in [0.717, 1.165) is 17.7 Å². The van der Waals surface area contributed by atoms with Gasteiger partial charge in [-0.15, -0.1) is 0 Å². The van der Waals surface area contributed by atoms with Crippen molar-refractivity contribution >= 4 is 23.2 Å². The molecule has 1 aliphatic rings. The van der Waals surface area contributed by atoms with Crippen LogP contribution in [0.15, 0.2) is 36.4 Å². The number of amides is 2. The highest BCUT2D eigenvalue weighted by atomic mass is 16.5. The molecule has 2 aromatic carbocycles. The van der Waals surface area contributed by atoms with Gasteiger partial charge in [-0.05, 0) is 37.7 Å². The Bertz CT molecular complexity index is 947. The maximum Gasteiger partial charge on any atom is 0.238 e. The van der Waals surface area contributed by atoms with Crippen molar-refractivity contribution < 1.29 is 23.8 Å². The normalized spacial score (nSPS) is 13.5. The number of nitrogens with one attached hydrogen (secondary N) is 1. The number of carbonyl (C=O) groups excluding carboxylic acids is 2. The zero-order valence-corrected chi connectivity index (χ0v) is 18.4. The standard InChI is InChI=1S/C23H29N3O5/c1-25(14-16-10-11-19(29-2)23(31-4)22(16)30-3)15-20(27)24-17-7-5-8-18(13-17)26-12-6-9-21(26)28/h5,7-8,10-11,13H,6,9,12,14-15H2,1-4H3,(H,24,27). The predicted octanol–water partition coefficient (Wildman–Crippen LogP) is 2.91. The Hall–Kier alpha value is -3.26. The van der Waals surface area contributed by atoms with Gasteiger partial charge >= 0.3 is 0 Å². The zero-order chi connectivity index (χ0) is 22.4. The van der Waals surface area contributed by atoms with Crippen LogP contribution >= 0.6 is 0 Å². The SMILES string of the molecule is COc1ccc(CN(C)CC(=O)Nc2cccc(N3CCCC3=O)c2)c(OC)c1OC. The van der Waals surface area contributed by atoms with Gasteiger partial charge in [-0.3, -0.25) is 14.5 Å². The van der Waals surface area contributed by atoms with Crippen molar-refractivity contribution in [1.29, 1.82) is 0 Å². The quantitative estimate of drug-likeness (QED) is 0.663. The number of carbonyl (C=O) groups is 2. The molecule has 0 unspecified atom stereocenters. The number of rotatable bonds is 9. The third-order valence-corrected chi connectivity index (χ3v) is 5.15. The van der Waals surface area contributed by atoms with Gasteiger partial charge in [0.2, 0.25) is 17.6 Å². The smallest absolute Gasteiger partial charge is 0.238 e. The summed E-state index contributed by atoms with van der Waals surface area (Å²) < 4.78 is 16.3. The van der Waals surface area contributed by atoms with Crippen molar-refractivity contribution in [3.63, 3.8) is 0 Å². The van der Waals surface area contributed by atoms with E-state index >= 15 is 0 Å². The van der Waals surface area contributed by atoms with Gasteiger partial charge in [0.1, 0.15) is 0 Å². The Balaban J connectivity index is 1.63. The lowest BCUT2D eigenvalue weighted by Crippen LogP contribution is -2.30. The summed E-state index contributed by atoms with van der Waals surface area (Å²) in [4.78, 5) is 28.2. The molecule has 1 aliphatic heterocycles. The Morgan fingerprint density at radius 1 is 1.10 bits per heavy atom. The third-order valence-electron chi connectivity index (χ3n) is 5.15. The number of methoxy groups -OCH3 is 3. The molecule has 0 saturated carbocycles. The van der Waals surface area contributed by atoms with E-state index in [1.807, 2.05) is 48.3 Å². The number of likely N-dealkylation sites (N-methyl/N-ethyl adjacent to an activating group) is 1. The second kappa shape index (κ2) is 10.2. The van der Waals surface area contributed by atoms with E-state index in [2.05, 4.69) is 5.32 Å². The largest absolute Gasteiger partial charge is 0.493 e. The molecule has 3 rings (SSSR count). The van der Waals surface area contributed by atoms with Crippen LogP contribution in [-0.2, 0) is 16.1 Å². The molecule has 0 aromatic heterocycles. The van der Waals surface area contributed by atoms with E-state index < -0.39 is 0 Å². The lowest BCUT2D eigenvalue weighted by Gasteiger charge is -2.21. The van der Waals surface area contributed by atoms with Gasteiger partial charge in [-0.1, -0.05) is 12.1 Å². The first-order valence-electron chi connectivity index (χ1n) is 10.1. The van der Waals surface area contributed by atoms with Gasteiger partial charge in [-0.2, -0.15) is 0 Å². The topological polar surface area (TPSA) is 80.3 Å². The van der Waals surface area contributed by atoms with Crippen LogP contribution in [0.1, 0.15) is 18.4 Å². The minimum absolute atomic E-state index is 0.118. The molecule has 0 atom stereocenters. The van der Waals surface area contributed by atoms with E-state index in [4.69, 9.17) is 14.2 Å². The van der Waals surface area contributed by atoms with Gasteiger partial charge in [0.25, 0.3) is 0 Å². The van der Waals surface area contributed by atoms with E-state index in [0.29, 0.717) is 42.4 Å². The highest BCUT2D eigenvalue weighted by molar-refractivity contribution is 5.97. The maximum atomic E-state index is 12.6. The number of ether oxygens (including phenoxy) is 3. The van der Waals surface area contributed by atoms with E-state index in [1.165, 1.54) is 0 Å². The van der Waals surface area contributed by atoms with E-state index in [-0.39, 0.29) is 18.4 Å². The molecular formula is C23H29N3O5. The monoisotopic (exact) mass is 427 g/mol. The molecule has 8 heteroatoms. The summed E-state index contributed by atoms with van der Waals surface area (Å²) in [5, 5.41) is 2.91. The van der Waals surface area contributed by atoms with Gasteiger partial charge in [0, 0.05) is 36.4 Å². The van der Waals surface area contributed by atoms with Crippen molar-refractivity contribution in [2.24, 2.45) is 0 Å². The summed E-state index contributed by atoms with van der Waals surface area (Å²) in [5.41, 5.74) is 2.35. The van der Waals surface area contributed by atoms with Gasteiger partial charge < -0.3 is 24.4 Å². The lowest BCUT2D eigenvalue weighted by atomic mass is 10.1. The first kappa shape index (κ1) is 22.4. The highest BCUT2D eigenvalue weighted by Crippen LogP contribution is 2.40. The Kier molecular flexibility index (Phi) is 7.36. The van der Waals surface area contributed by atoms with E-state index in [9.17, 15) is 9.59 Å². The summed E-state index contributed by atoms with van der Waals surface area (Å²) in [6.45, 7) is 1.38. The van der Waals surface area contributed by atoms with Crippen molar-refractivity contribution in [1.82, 2.24) is 4.90 Å². The number of hydrogen-bond acceptors (Lipinski definition) is 6. The van der Waals surface area contributed by atoms with Crippen molar-refractivity contribution in [2.75, 3.05) is 51.7 Å². The van der Waals surface area contributed by atoms with Crippen LogP contribution in [0.2, 0.25) is 0 Å². The minimum atomic E-state index is -0.146. The van der Waals surface area contributed by atoms with Crippen LogP contribution in [-0.4, -0.2) is 58.2 Å². The van der Waals surface area contributed by atoms with Gasteiger partial charge in [-0.25, -0.2) is 0 Å². The van der Waals surface area contributed by atoms with Gasteiger partial charge in [0.15, 0.2) is 11.5 Å². The number of benzene rings is 2. The predicted molar refractivity (Wildman–Crippen MR) is 119 cm³/mol. The van der Waals surface area contributed by atoms with E-state index in [1.54, 1.807) is 26.2 Å². The van der Waals surface area contributed by atoms with Crippen LogP contribution in [0.5, 0.6) is 17.2 Å². The summed E-state index contributed by atoms with van der Waals surface area (Å²) in [6, 6.07) is 11.1. The molecule has 1 saturated heterocycles. The van der Waals surface area contributed by atoms with Gasteiger partial charge in [0.05, 0.1) is 27.9 Å². The molecular weight excluding hydrogens is 398 g/mol. The van der Waals surface area contributed by atoms with Crippen LogP contribution in [0, 0.1) is 0 Å². The fourth-order valence-electron chi connectivity index (χ4n) is 3.75. The van der Waals surface area contributed by atoms with Crippen LogP contribution < -0.4 is 24.4 Å². The fourth-order valence-corrected chi connectivity index (χ4v) is 3.75. The summed E-state index contributed by atoms with van der Waals surface area (Å²) in [6.07, 6.45) is 1.43. The summed E-state index contributed by atoms with van der Waals surface area (Å²) in [5.74, 6) is 1.66. The molecule has 1 N–H and O–H groups in total. The molecule has 0 bridgehead atoms. The third kappa shape index (κ3) is 5.27. The Morgan fingerprint density at radius 2 is 1.87 bits per heavy atom. The Labute approximate surface area is 182 Å². The number of nitrogens with zero attached hydrogens (tertiary/aromatic N) is 2. The summed E-state index contributed by atoms with van der Waals surface area (Å²) >= 11 is 0. The molecule has 8 nitrogen and oxygen atoms in total. The molecule has 0 aliphatic carbocycles. The average molecular weight is 428 g/mol. The second-order valence-corrected chi connectivity index (χ2v) is 7.41. The minimum Gasteiger partial charge on any atom is -0.493 e. The number of hydrogen-bond donors (Lipinski definition) is 1. The average Bonchev–Trinajstić information content (AvgIpc) is 3.19. The molecule has 1 fully saturated rings. The zero-order valence-electron chi connectivity index (χ0n) is 18.4. The summed E-state index contributed by atoms with van der Waals surface area (Å²) in [7, 11) is 6.56. The maximum absolute atomic E-state index is 12.6. The molecule has 2 aromatic rings. The molecule has 2 amide bonds. The number of anilines is 2. The molecule has 31 heavy (non-hydrogen) atoms. The van der Waals surface area contributed by atoms with Crippen LogP contribution in [0.3, 0.4) is 0 Å². The van der Waals surface area contributed by atoms with Crippen LogP contribution in [0.4, 0.5) is 11.4 Å². The lowest BCUT2D eigenvalue weighted by molar-refractivity contribution is -0.117. The molecule has 166 valence electrons. The fraction of sp³-hybridized carbons (Fsp3) is 0.391. The Morgan fingerprint density at radius 3 is 2.52 bits per heavy atom. The first-order valence-corrected chi connectivity index (χ1v) is 10.1. The molecule has 0 spiro atoms. The van der Waals surface area contributed by atoms with Crippen molar-refractivity contribution in [3.8, 4) is 17.2 Å². The highest BCUT2D eigenvalue weighted by Gasteiger charge is 2.22. The molecule has 0 radical (unpaired) electrons. The van der Waals surface area contributed by atoms with Crippen molar-refractivity contribution in [2.45, 2.75) is 19.4 Å². The van der Waals surface area contributed by atoms with Crippen LogP contribution in [0.25, 0.3) is 0 Å². The van der Waals surface area contributed by atoms with Crippen molar-refractivity contribution in [3.05, 3.63) is 42.0 Å².